The van der Waals surface area contributed by atoms with Crippen LogP contribution in [0.1, 0.15) is 21.7 Å². The number of nitrogens with zero attached hydrogens (tertiary/aromatic N) is 3. The van der Waals surface area contributed by atoms with Crippen molar-refractivity contribution < 1.29 is 19.0 Å². The van der Waals surface area contributed by atoms with E-state index in [0.717, 1.165) is 17.0 Å². The Hall–Kier alpha value is -4.27. The highest BCUT2D eigenvalue weighted by molar-refractivity contribution is 7.99. The molecule has 0 aliphatic rings. The number of benzene rings is 4. The number of ether oxygens (including phenoxy) is 3. The maximum Gasteiger partial charge on any atom is 0.196 e. The molecule has 0 spiro atoms. The number of Topliss-reactive ketones (excluding diaryl/α,β-unsaturated/α-hetero) is 1. The average Bonchev–Trinajstić information content (AvgIpc) is 3.39. The second-order valence-corrected chi connectivity index (χ2v) is 10.1. The van der Waals surface area contributed by atoms with Crippen LogP contribution in [0.5, 0.6) is 23.0 Å². The van der Waals surface area contributed by atoms with Crippen molar-refractivity contribution in [3.8, 4) is 28.7 Å². The molecule has 1 aromatic heterocycles. The molecule has 0 radical (unpaired) electrons. The highest BCUT2D eigenvalue weighted by Crippen LogP contribution is 2.31. The van der Waals surface area contributed by atoms with Crippen LogP contribution in [-0.2, 0) is 6.42 Å². The molecule has 7 nitrogen and oxygen atoms in total. The van der Waals surface area contributed by atoms with Gasteiger partial charge in [-0.15, -0.1) is 10.2 Å². The van der Waals surface area contributed by atoms with Gasteiger partial charge >= 0.3 is 0 Å². The van der Waals surface area contributed by atoms with Crippen LogP contribution < -0.4 is 14.2 Å². The predicted octanol–water partition coefficient (Wildman–Crippen LogP) is 7.30. The molecule has 0 saturated carbocycles. The van der Waals surface area contributed by atoms with E-state index in [1.54, 1.807) is 38.5 Å². The summed E-state index contributed by atoms with van der Waals surface area (Å²) in [5.41, 5.74) is 2.42. The number of hydrogen-bond acceptors (Lipinski definition) is 7. The summed E-state index contributed by atoms with van der Waals surface area (Å²) in [5, 5.41) is 10.1. The number of carbonyl (C=O) groups excluding carboxylic acids is 1. The van der Waals surface area contributed by atoms with Crippen molar-refractivity contribution >= 4 is 29.1 Å². The summed E-state index contributed by atoms with van der Waals surface area (Å²) in [7, 11) is 3.21. The molecular formula is C31H26ClN3O4S. The minimum Gasteiger partial charge on any atom is -0.493 e. The maximum absolute atomic E-state index is 12.9. The first-order valence-corrected chi connectivity index (χ1v) is 13.8. The smallest absolute Gasteiger partial charge is 0.196 e. The van der Waals surface area contributed by atoms with Gasteiger partial charge in [0.15, 0.2) is 22.4 Å². The van der Waals surface area contributed by atoms with Crippen LogP contribution in [0.2, 0.25) is 5.02 Å². The van der Waals surface area contributed by atoms with Crippen molar-refractivity contribution in [3.05, 3.63) is 119 Å². The van der Waals surface area contributed by atoms with Crippen LogP contribution in [-0.4, -0.2) is 40.5 Å². The number of rotatable bonds is 11. The van der Waals surface area contributed by atoms with E-state index in [4.69, 9.17) is 25.8 Å². The normalized spacial score (nSPS) is 10.8. The molecular weight excluding hydrogens is 546 g/mol. The van der Waals surface area contributed by atoms with Gasteiger partial charge in [-0.3, -0.25) is 9.36 Å². The molecule has 9 heteroatoms. The Balaban J connectivity index is 1.43. The molecule has 0 aliphatic carbocycles. The van der Waals surface area contributed by atoms with Crippen molar-refractivity contribution in [1.29, 1.82) is 0 Å². The van der Waals surface area contributed by atoms with E-state index < -0.39 is 0 Å². The van der Waals surface area contributed by atoms with Gasteiger partial charge in [0.25, 0.3) is 0 Å². The molecule has 0 bridgehead atoms. The standard InChI is InChI=1S/C31H26ClN3O4S/c1-37-28-17-8-21(18-29(28)38-2)19-30-33-34-31(40-20-27(36)22-9-11-23(32)12-10-22)35(30)24-13-15-26(16-14-24)39-25-6-4-3-5-7-25/h3-18H,19-20H2,1-2H3. The van der Waals surface area contributed by atoms with Crippen LogP contribution in [0.25, 0.3) is 5.69 Å². The third-order valence-corrected chi connectivity index (χ3v) is 7.26. The highest BCUT2D eigenvalue weighted by atomic mass is 35.5. The average molecular weight is 572 g/mol. The van der Waals surface area contributed by atoms with E-state index in [-0.39, 0.29) is 11.5 Å². The summed E-state index contributed by atoms with van der Waals surface area (Å²) in [4.78, 5) is 12.9. The Morgan fingerprint density at radius 3 is 2.23 bits per heavy atom. The van der Waals surface area contributed by atoms with Crippen molar-refractivity contribution in [2.24, 2.45) is 0 Å². The summed E-state index contributed by atoms with van der Waals surface area (Å²) in [6.45, 7) is 0. The van der Waals surface area contributed by atoms with Gasteiger partial charge in [-0.05, 0) is 78.4 Å². The molecule has 5 aromatic rings. The van der Waals surface area contributed by atoms with Gasteiger partial charge in [0.2, 0.25) is 0 Å². The first-order valence-electron chi connectivity index (χ1n) is 12.4. The lowest BCUT2D eigenvalue weighted by Gasteiger charge is -2.13. The van der Waals surface area contributed by atoms with E-state index >= 15 is 0 Å². The van der Waals surface area contributed by atoms with Crippen LogP contribution >= 0.6 is 23.4 Å². The minimum atomic E-state index is -0.0238. The Labute approximate surface area is 241 Å². The Morgan fingerprint density at radius 1 is 0.825 bits per heavy atom. The van der Waals surface area contributed by atoms with E-state index in [1.807, 2.05) is 77.4 Å². The number of halogens is 1. The number of methoxy groups -OCH3 is 2. The molecule has 0 atom stereocenters. The molecule has 0 fully saturated rings. The zero-order valence-corrected chi connectivity index (χ0v) is 23.5. The monoisotopic (exact) mass is 571 g/mol. The fourth-order valence-corrected chi connectivity index (χ4v) is 5.07. The number of aromatic nitrogens is 3. The van der Waals surface area contributed by atoms with Crippen LogP contribution in [0.3, 0.4) is 0 Å². The van der Waals surface area contributed by atoms with Crippen molar-refractivity contribution in [2.75, 3.05) is 20.0 Å². The van der Waals surface area contributed by atoms with Crippen molar-refractivity contribution in [2.45, 2.75) is 11.6 Å². The number of ketones is 1. The summed E-state index contributed by atoms with van der Waals surface area (Å²) in [6, 6.07) is 29.9. The summed E-state index contributed by atoms with van der Waals surface area (Å²) < 4.78 is 18.8. The van der Waals surface area contributed by atoms with E-state index in [1.165, 1.54) is 11.8 Å². The van der Waals surface area contributed by atoms with Crippen LogP contribution in [0, 0.1) is 0 Å². The molecule has 1 heterocycles. The first-order chi connectivity index (χ1) is 19.5. The number of hydrogen-bond donors (Lipinski definition) is 0. The third kappa shape index (κ3) is 6.47. The van der Waals surface area contributed by atoms with E-state index in [0.29, 0.717) is 45.2 Å². The van der Waals surface area contributed by atoms with Gasteiger partial charge in [-0.2, -0.15) is 0 Å². The van der Waals surface area contributed by atoms with E-state index in [2.05, 4.69) is 10.2 Å². The molecule has 40 heavy (non-hydrogen) atoms. The number of para-hydroxylation sites is 1. The third-order valence-electron chi connectivity index (χ3n) is 6.08. The van der Waals surface area contributed by atoms with Crippen molar-refractivity contribution in [1.82, 2.24) is 14.8 Å². The zero-order chi connectivity index (χ0) is 27.9. The summed E-state index contributed by atoms with van der Waals surface area (Å²) in [6.07, 6.45) is 0.487. The lowest BCUT2D eigenvalue weighted by Crippen LogP contribution is -2.06. The van der Waals surface area contributed by atoms with Gasteiger partial charge in [-0.25, -0.2) is 0 Å². The predicted molar refractivity (Wildman–Crippen MR) is 157 cm³/mol. The van der Waals surface area contributed by atoms with Gasteiger partial charge in [-0.1, -0.05) is 47.6 Å². The largest absolute Gasteiger partial charge is 0.493 e. The lowest BCUT2D eigenvalue weighted by molar-refractivity contribution is 0.102. The number of carbonyl (C=O) groups is 1. The van der Waals surface area contributed by atoms with Gasteiger partial charge in [0, 0.05) is 22.7 Å². The molecule has 0 N–H and O–H groups in total. The van der Waals surface area contributed by atoms with Crippen LogP contribution in [0.4, 0.5) is 0 Å². The molecule has 202 valence electrons. The Morgan fingerprint density at radius 2 is 1.52 bits per heavy atom. The second-order valence-electron chi connectivity index (χ2n) is 8.73. The summed E-state index contributed by atoms with van der Waals surface area (Å²) in [5.74, 6) is 3.64. The molecule has 0 aliphatic heterocycles. The fraction of sp³-hybridized carbons (Fsp3) is 0.129. The number of thioether (sulfide) groups is 1. The molecule has 4 aromatic carbocycles. The van der Waals surface area contributed by atoms with Gasteiger partial charge < -0.3 is 14.2 Å². The van der Waals surface area contributed by atoms with E-state index in [9.17, 15) is 4.79 Å². The first kappa shape index (κ1) is 27.3. The second kappa shape index (κ2) is 12.7. The van der Waals surface area contributed by atoms with Crippen molar-refractivity contribution in [3.63, 3.8) is 0 Å². The topological polar surface area (TPSA) is 75.5 Å². The van der Waals surface area contributed by atoms with Crippen LogP contribution in [0.15, 0.2) is 102 Å². The van der Waals surface area contributed by atoms with Gasteiger partial charge in [0.05, 0.1) is 20.0 Å². The maximum atomic E-state index is 12.9. The molecule has 0 saturated heterocycles. The summed E-state index contributed by atoms with van der Waals surface area (Å²) >= 11 is 7.31. The quantitative estimate of drug-likeness (QED) is 0.122. The molecule has 0 unspecified atom stereocenters. The molecule has 5 rings (SSSR count). The zero-order valence-electron chi connectivity index (χ0n) is 21.9. The van der Waals surface area contributed by atoms with Gasteiger partial charge in [0.1, 0.15) is 17.3 Å². The SMILES string of the molecule is COc1ccc(Cc2nnc(SCC(=O)c3ccc(Cl)cc3)n2-c2ccc(Oc3ccccc3)cc2)cc1OC. The molecule has 0 amide bonds. The minimum absolute atomic E-state index is 0.0238. The Bertz CT molecular complexity index is 1590. The fourth-order valence-electron chi connectivity index (χ4n) is 4.08. The highest BCUT2D eigenvalue weighted by Gasteiger charge is 2.18. The Kier molecular flexibility index (Phi) is 8.68. The lowest BCUT2D eigenvalue weighted by atomic mass is 10.1.